The van der Waals surface area contributed by atoms with Gasteiger partial charge in [0.1, 0.15) is 12.4 Å². The summed E-state index contributed by atoms with van der Waals surface area (Å²) < 4.78 is 17.1. The number of carbonyl (C=O) groups excluding carboxylic acids is 2. The molecule has 7 nitrogen and oxygen atoms in total. The number of benzene rings is 3. The van der Waals surface area contributed by atoms with Crippen LogP contribution in [-0.4, -0.2) is 25.1 Å². The predicted octanol–water partition coefficient (Wildman–Crippen LogP) is 4.53. The summed E-state index contributed by atoms with van der Waals surface area (Å²) in [6.45, 7) is 7.86. The molecule has 8 heteroatoms. The Hall–Kier alpha value is -3.97. The zero-order valence-electron chi connectivity index (χ0n) is 21.2. The average Bonchev–Trinajstić information content (AvgIpc) is 2.86. The van der Waals surface area contributed by atoms with E-state index in [0.29, 0.717) is 41.0 Å². The lowest BCUT2D eigenvalue weighted by Gasteiger charge is -2.15. The van der Waals surface area contributed by atoms with E-state index in [1.807, 2.05) is 52.0 Å². The standard InChI is InChI=1S/C29H30ClNO6/c1-5-35-26-15-22(10-11-25(26)37-16-21-8-6-18(2)7-9-21)14-24(29(33)34)31-27(32)17-36-23-12-19(3)28(30)20(4)13-23/h6-15H,5,16-17H2,1-4H3,(H,31,32)(H,33,34)/p-1/b24-14+. The van der Waals surface area contributed by atoms with Crippen molar-refractivity contribution in [2.45, 2.75) is 34.3 Å². The number of nitrogens with one attached hydrogen (secondary N) is 1. The summed E-state index contributed by atoms with van der Waals surface area (Å²) in [5.74, 6) is -0.770. The van der Waals surface area contributed by atoms with Crippen molar-refractivity contribution in [3.8, 4) is 17.2 Å². The lowest BCUT2D eigenvalue weighted by molar-refractivity contribution is -0.299. The van der Waals surface area contributed by atoms with Gasteiger partial charge in [0.25, 0.3) is 5.91 Å². The van der Waals surface area contributed by atoms with Crippen molar-refractivity contribution >= 4 is 29.6 Å². The number of aliphatic carboxylic acids is 1. The number of ether oxygens (including phenoxy) is 3. The van der Waals surface area contributed by atoms with E-state index in [0.717, 1.165) is 22.3 Å². The number of rotatable bonds is 11. The minimum atomic E-state index is -1.54. The minimum Gasteiger partial charge on any atom is -0.543 e. The number of aryl methyl sites for hydroxylation is 3. The van der Waals surface area contributed by atoms with Crippen molar-refractivity contribution in [1.82, 2.24) is 5.32 Å². The fourth-order valence-corrected chi connectivity index (χ4v) is 3.59. The molecule has 0 atom stereocenters. The zero-order chi connectivity index (χ0) is 26.9. The van der Waals surface area contributed by atoms with E-state index >= 15 is 0 Å². The zero-order valence-corrected chi connectivity index (χ0v) is 22.0. The molecule has 0 fully saturated rings. The molecule has 3 aromatic rings. The first-order chi connectivity index (χ1) is 17.7. The van der Waals surface area contributed by atoms with Crippen molar-refractivity contribution in [3.05, 3.63) is 93.1 Å². The second-order valence-corrected chi connectivity index (χ2v) is 8.84. The van der Waals surface area contributed by atoms with Crippen LogP contribution in [0.5, 0.6) is 17.2 Å². The highest BCUT2D eigenvalue weighted by Crippen LogP contribution is 2.30. The predicted molar refractivity (Wildman–Crippen MR) is 141 cm³/mol. The maximum absolute atomic E-state index is 12.4. The molecule has 3 rings (SSSR count). The molecule has 0 spiro atoms. The van der Waals surface area contributed by atoms with E-state index in [1.54, 1.807) is 30.3 Å². The van der Waals surface area contributed by atoms with E-state index in [-0.39, 0.29) is 6.61 Å². The highest BCUT2D eigenvalue weighted by molar-refractivity contribution is 6.32. The molecular weight excluding hydrogens is 494 g/mol. The van der Waals surface area contributed by atoms with E-state index in [1.165, 1.54) is 6.08 Å². The Balaban J connectivity index is 1.70. The summed E-state index contributed by atoms with van der Waals surface area (Å²) in [7, 11) is 0. The van der Waals surface area contributed by atoms with Gasteiger partial charge in [-0.15, -0.1) is 0 Å². The van der Waals surface area contributed by atoms with Crippen molar-refractivity contribution in [3.63, 3.8) is 0 Å². The van der Waals surface area contributed by atoms with Crippen LogP contribution in [0.3, 0.4) is 0 Å². The van der Waals surface area contributed by atoms with Crippen LogP contribution in [0.1, 0.15) is 34.7 Å². The summed E-state index contributed by atoms with van der Waals surface area (Å²) in [6.07, 6.45) is 1.29. The number of hydrogen-bond acceptors (Lipinski definition) is 6. The van der Waals surface area contributed by atoms with Crippen LogP contribution in [0.2, 0.25) is 5.02 Å². The van der Waals surface area contributed by atoms with Gasteiger partial charge in [-0.05, 0) is 80.3 Å². The molecular formula is C29H29ClNO6-. The Bertz CT molecular complexity index is 1280. The third-order valence-corrected chi connectivity index (χ3v) is 5.96. The van der Waals surface area contributed by atoms with E-state index in [9.17, 15) is 14.7 Å². The fourth-order valence-electron chi connectivity index (χ4n) is 3.48. The Morgan fingerprint density at radius 2 is 1.59 bits per heavy atom. The smallest absolute Gasteiger partial charge is 0.262 e. The average molecular weight is 523 g/mol. The number of carbonyl (C=O) groups is 2. The Labute approximate surface area is 221 Å². The number of halogens is 1. The van der Waals surface area contributed by atoms with Gasteiger partial charge in [0.15, 0.2) is 18.1 Å². The third-order valence-electron chi connectivity index (χ3n) is 5.37. The lowest BCUT2D eigenvalue weighted by atomic mass is 10.1. The van der Waals surface area contributed by atoms with Crippen molar-refractivity contribution in [1.29, 1.82) is 0 Å². The molecule has 194 valence electrons. The number of carboxylic acid groups (broad SMARTS) is 1. The Kier molecular flexibility index (Phi) is 9.57. The van der Waals surface area contributed by atoms with Gasteiger partial charge in [0, 0.05) is 5.02 Å². The Morgan fingerprint density at radius 1 is 0.919 bits per heavy atom. The number of hydrogen-bond donors (Lipinski definition) is 1. The summed E-state index contributed by atoms with van der Waals surface area (Å²) >= 11 is 6.15. The fraction of sp³-hybridized carbons (Fsp3) is 0.241. The number of carboxylic acids is 1. The van der Waals surface area contributed by atoms with Crippen LogP contribution < -0.4 is 24.6 Å². The second-order valence-electron chi connectivity index (χ2n) is 8.47. The van der Waals surface area contributed by atoms with Crippen LogP contribution >= 0.6 is 11.6 Å². The molecule has 0 aliphatic heterocycles. The Morgan fingerprint density at radius 3 is 2.22 bits per heavy atom. The van der Waals surface area contributed by atoms with Crippen molar-refractivity contribution in [2.75, 3.05) is 13.2 Å². The van der Waals surface area contributed by atoms with E-state index < -0.39 is 17.6 Å². The highest BCUT2D eigenvalue weighted by atomic mass is 35.5. The molecule has 0 aliphatic rings. The maximum atomic E-state index is 12.4. The van der Waals surface area contributed by atoms with Crippen molar-refractivity contribution < 1.29 is 28.9 Å². The lowest BCUT2D eigenvalue weighted by Crippen LogP contribution is -2.37. The molecule has 1 amide bonds. The normalized spacial score (nSPS) is 11.1. The first-order valence-electron chi connectivity index (χ1n) is 11.7. The second kappa shape index (κ2) is 12.8. The van der Waals surface area contributed by atoms with Crippen molar-refractivity contribution in [2.24, 2.45) is 0 Å². The van der Waals surface area contributed by atoms with Gasteiger partial charge in [0.05, 0.1) is 18.3 Å². The summed E-state index contributed by atoms with van der Waals surface area (Å²) in [6, 6.07) is 16.4. The molecule has 0 radical (unpaired) electrons. The number of amides is 1. The monoisotopic (exact) mass is 522 g/mol. The minimum absolute atomic E-state index is 0.350. The molecule has 0 bridgehead atoms. The van der Waals surface area contributed by atoms with Gasteiger partial charge in [-0.25, -0.2) is 0 Å². The summed E-state index contributed by atoms with van der Waals surface area (Å²) in [4.78, 5) is 24.1. The topological polar surface area (TPSA) is 96.9 Å². The molecule has 0 aromatic heterocycles. The van der Waals surface area contributed by atoms with Gasteiger partial charge in [-0.3, -0.25) is 4.79 Å². The van der Waals surface area contributed by atoms with Gasteiger partial charge in [0.2, 0.25) is 0 Å². The SMILES string of the molecule is CCOc1cc(/C=C(/NC(=O)COc2cc(C)c(Cl)c(C)c2)C(=O)[O-])ccc1OCc1ccc(C)cc1. The van der Waals surface area contributed by atoms with Crippen LogP contribution in [-0.2, 0) is 16.2 Å². The molecule has 0 unspecified atom stereocenters. The van der Waals surface area contributed by atoms with E-state index in [2.05, 4.69) is 5.32 Å². The molecule has 37 heavy (non-hydrogen) atoms. The van der Waals surface area contributed by atoms with Crippen LogP contribution in [0.4, 0.5) is 0 Å². The van der Waals surface area contributed by atoms with Crippen LogP contribution in [0.25, 0.3) is 6.08 Å². The largest absolute Gasteiger partial charge is 0.543 e. The van der Waals surface area contributed by atoms with Gasteiger partial charge in [-0.2, -0.15) is 0 Å². The van der Waals surface area contributed by atoms with Gasteiger partial charge >= 0.3 is 0 Å². The van der Waals surface area contributed by atoms with E-state index in [4.69, 9.17) is 25.8 Å². The molecule has 0 aliphatic carbocycles. The molecule has 0 saturated carbocycles. The van der Waals surface area contributed by atoms with Crippen LogP contribution in [0.15, 0.2) is 60.3 Å². The molecule has 0 heterocycles. The molecule has 3 aromatic carbocycles. The summed E-state index contributed by atoms with van der Waals surface area (Å²) in [5.41, 5.74) is 3.86. The third kappa shape index (κ3) is 8.02. The highest BCUT2D eigenvalue weighted by Gasteiger charge is 2.11. The summed E-state index contributed by atoms with van der Waals surface area (Å²) in [5, 5.41) is 14.6. The quantitative estimate of drug-likeness (QED) is 0.372. The molecule has 1 N–H and O–H groups in total. The van der Waals surface area contributed by atoms with Gasteiger partial charge < -0.3 is 29.4 Å². The molecule has 0 saturated heterocycles. The maximum Gasteiger partial charge on any atom is 0.262 e. The first kappa shape index (κ1) is 27.6. The first-order valence-corrected chi connectivity index (χ1v) is 12.1. The van der Waals surface area contributed by atoms with Gasteiger partial charge in [-0.1, -0.05) is 47.5 Å². The van der Waals surface area contributed by atoms with Crippen LogP contribution in [0, 0.1) is 20.8 Å².